The molecule has 0 atom stereocenters. The zero-order valence-corrected chi connectivity index (χ0v) is 11.4. The molecule has 0 aliphatic carbocycles. The van der Waals surface area contributed by atoms with E-state index >= 15 is 0 Å². The first-order valence-electron chi connectivity index (χ1n) is 5.64. The fourth-order valence-electron chi connectivity index (χ4n) is 1.33. The number of aromatic nitrogens is 2. The SMILES string of the molecule is CN(CC(=O)c1cncn1C)C(=O)OC(C)(C)C. The average Bonchev–Trinajstić information content (AvgIpc) is 2.61. The van der Waals surface area contributed by atoms with Crippen LogP contribution in [0.4, 0.5) is 4.79 Å². The Kier molecular flexibility index (Phi) is 4.11. The molecule has 0 saturated heterocycles. The number of hydrogen-bond donors (Lipinski definition) is 0. The lowest BCUT2D eigenvalue weighted by Gasteiger charge is -2.24. The summed E-state index contributed by atoms with van der Waals surface area (Å²) in [6.07, 6.45) is 2.50. The van der Waals surface area contributed by atoms with Crippen LogP contribution in [0.1, 0.15) is 31.3 Å². The van der Waals surface area contributed by atoms with Gasteiger partial charge in [-0.3, -0.25) is 4.79 Å². The Balaban J connectivity index is 2.60. The van der Waals surface area contributed by atoms with Gasteiger partial charge >= 0.3 is 6.09 Å². The molecule has 1 rings (SSSR count). The summed E-state index contributed by atoms with van der Waals surface area (Å²) in [6, 6.07) is 0. The van der Waals surface area contributed by atoms with Crippen LogP contribution in [0.25, 0.3) is 0 Å². The van der Waals surface area contributed by atoms with Crippen LogP contribution in [0.2, 0.25) is 0 Å². The molecule has 1 aromatic heterocycles. The predicted molar refractivity (Wildman–Crippen MR) is 66.4 cm³/mol. The summed E-state index contributed by atoms with van der Waals surface area (Å²) in [6.45, 7) is 5.31. The number of ketones is 1. The molecule has 6 nitrogen and oxygen atoms in total. The van der Waals surface area contributed by atoms with Crippen molar-refractivity contribution in [3.05, 3.63) is 18.2 Å². The van der Waals surface area contributed by atoms with E-state index < -0.39 is 11.7 Å². The Bertz CT molecular complexity index is 446. The summed E-state index contributed by atoms with van der Waals surface area (Å²) in [5, 5.41) is 0. The first-order chi connectivity index (χ1) is 8.20. The Hall–Kier alpha value is -1.85. The maximum absolute atomic E-state index is 11.9. The third-order valence-corrected chi connectivity index (χ3v) is 2.19. The van der Waals surface area contributed by atoms with Crippen molar-refractivity contribution in [1.82, 2.24) is 14.5 Å². The molecular weight excluding hydrogens is 234 g/mol. The van der Waals surface area contributed by atoms with E-state index in [1.165, 1.54) is 18.1 Å². The first kappa shape index (κ1) is 14.2. The van der Waals surface area contributed by atoms with Crippen molar-refractivity contribution in [3.8, 4) is 0 Å². The number of likely N-dealkylation sites (N-methyl/N-ethyl adjacent to an activating group) is 1. The highest BCUT2D eigenvalue weighted by Crippen LogP contribution is 2.09. The smallest absolute Gasteiger partial charge is 0.410 e. The van der Waals surface area contributed by atoms with Crippen molar-refractivity contribution in [3.63, 3.8) is 0 Å². The Morgan fingerprint density at radius 1 is 1.44 bits per heavy atom. The van der Waals surface area contributed by atoms with E-state index in [9.17, 15) is 9.59 Å². The van der Waals surface area contributed by atoms with Crippen molar-refractivity contribution < 1.29 is 14.3 Å². The molecule has 0 aliphatic heterocycles. The molecule has 100 valence electrons. The molecule has 0 N–H and O–H groups in total. The number of carbonyl (C=O) groups is 2. The molecule has 0 saturated carbocycles. The maximum atomic E-state index is 11.9. The molecule has 1 aromatic rings. The number of imidazole rings is 1. The molecule has 6 heteroatoms. The van der Waals surface area contributed by atoms with Crippen LogP contribution in [-0.4, -0.2) is 45.5 Å². The molecule has 0 fully saturated rings. The number of amides is 1. The van der Waals surface area contributed by atoms with Gasteiger partial charge in [0.15, 0.2) is 5.78 Å². The van der Waals surface area contributed by atoms with Crippen molar-refractivity contribution in [2.24, 2.45) is 7.05 Å². The van der Waals surface area contributed by atoms with Crippen LogP contribution in [-0.2, 0) is 11.8 Å². The highest BCUT2D eigenvalue weighted by molar-refractivity contribution is 5.97. The zero-order valence-electron chi connectivity index (χ0n) is 11.4. The van der Waals surface area contributed by atoms with Crippen molar-refractivity contribution in [2.75, 3.05) is 13.6 Å². The van der Waals surface area contributed by atoms with Gasteiger partial charge in [-0.2, -0.15) is 0 Å². The third kappa shape index (κ3) is 3.87. The predicted octanol–water partition coefficient (Wildman–Crippen LogP) is 1.47. The van der Waals surface area contributed by atoms with Gasteiger partial charge in [0.05, 0.1) is 19.1 Å². The standard InChI is InChI=1S/C12H19N3O3/c1-12(2,3)18-11(17)14(4)7-10(16)9-6-13-8-15(9)5/h6,8H,7H2,1-5H3. The van der Waals surface area contributed by atoms with Crippen LogP contribution in [0, 0.1) is 0 Å². The maximum Gasteiger partial charge on any atom is 0.410 e. The van der Waals surface area contributed by atoms with Gasteiger partial charge in [-0.05, 0) is 20.8 Å². The Labute approximate surface area is 107 Å². The lowest BCUT2D eigenvalue weighted by atomic mass is 10.2. The number of rotatable bonds is 3. The fraction of sp³-hybridized carbons (Fsp3) is 0.583. The Morgan fingerprint density at radius 2 is 2.06 bits per heavy atom. The van der Waals surface area contributed by atoms with E-state index in [-0.39, 0.29) is 12.3 Å². The molecule has 0 radical (unpaired) electrons. The first-order valence-corrected chi connectivity index (χ1v) is 5.64. The summed E-state index contributed by atoms with van der Waals surface area (Å²) in [5.74, 6) is -0.177. The number of Topliss-reactive ketones (excluding diaryl/α,β-unsaturated/α-hetero) is 1. The quantitative estimate of drug-likeness (QED) is 0.765. The summed E-state index contributed by atoms with van der Waals surface area (Å²) in [4.78, 5) is 28.7. The second-order valence-corrected chi connectivity index (χ2v) is 5.15. The molecule has 0 spiro atoms. The normalized spacial score (nSPS) is 11.2. The topological polar surface area (TPSA) is 64.4 Å². The van der Waals surface area contributed by atoms with Crippen molar-refractivity contribution >= 4 is 11.9 Å². The van der Waals surface area contributed by atoms with Crippen LogP contribution < -0.4 is 0 Å². The molecule has 0 unspecified atom stereocenters. The summed E-state index contributed by atoms with van der Waals surface area (Å²) in [5.41, 5.74) is -0.105. The van der Waals surface area contributed by atoms with E-state index in [1.54, 1.807) is 38.7 Å². The van der Waals surface area contributed by atoms with Crippen LogP contribution in [0.3, 0.4) is 0 Å². The Morgan fingerprint density at radius 3 is 2.50 bits per heavy atom. The van der Waals surface area contributed by atoms with Gasteiger partial charge in [0.2, 0.25) is 0 Å². The number of aryl methyl sites for hydroxylation is 1. The van der Waals surface area contributed by atoms with Crippen LogP contribution in [0.15, 0.2) is 12.5 Å². The largest absolute Gasteiger partial charge is 0.444 e. The van der Waals surface area contributed by atoms with Gasteiger partial charge in [0, 0.05) is 14.1 Å². The monoisotopic (exact) mass is 253 g/mol. The molecule has 0 aliphatic rings. The van der Waals surface area contributed by atoms with Gasteiger partial charge in [-0.15, -0.1) is 0 Å². The van der Waals surface area contributed by atoms with Gasteiger partial charge in [0.1, 0.15) is 11.3 Å². The van der Waals surface area contributed by atoms with Crippen LogP contribution in [0.5, 0.6) is 0 Å². The highest BCUT2D eigenvalue weighted by Gasteiger charge is 2.22. The molecule has 1 amide bonds. The van der Waals surface area contributed by atoms with E-state index in [2.05, 4.69) is 4.98 Å². The summed E-state index contributed by atoms with van der Waals surface area (Å²) >= 11 is 0. The van der Waals surface area contributed by atoms with E-state index in [1.807, 2.05) is 0 Å². The summed E-state index contributed by atoms with van der Waals surface area (Å²) < 4.78 is 6.78. The van der Waals surface area contributed by atoms with Crippen molar-refractivity contribution in [2.45, 2.75) is 26.4 Å². The minimum absolute atomic E-state index is 0.0333. The number of carbonyl (C=O) groups excluding carboxylic acids is 2. The van der Waals surface area contributed by atoms with E-state index in [4.69, 9.17) is 4.74 Å². The number of ether oxygens (including phenoxy) is 1. The molecule has 1 heterocycles. The minimum atomic E-state index is -0.569. The second-order valence-electron chi connectivity index (χ2n) is 5.15. The number of nitrogens with zero attached hydrogens (tertiary/aromatic N) is 3. The van der Waals surface area contributed by atoms with Crippen LogP contribution >= 0.6 is 0 Å². The number of hydrogen-bond acceptors (Lipinski definition) is 4. The van der Waals surface area contributed by atoms with Gasteiger partial charge in [-0.25, -0.2) is 9.78 Å². The molecule has 0 bridgehead atoms. The molecule has 18 heavy (non-hydrogen) atoms. The summed E-state index contributed by atoms with van der Waals surface area (Å²) in [7, 11) is 3.26. The average molecular weight is 253 g/mol. The van der Waals surface area contributed by atoms with Crippen molar-refractivity contribution in [1.29, 1.82) is 0 Å². The van der Waals surface area contributed by atoms with E-state index in [0.29, 0.717) is 5.69 Å². The lowest BCUT2D eigenvalue weighted by molar-refractivity contribution is 0.0294. The second kappa shape index (κ2) is 5.20. The van der Waals surface area contributed by atoms with Gasteiger partial charge in [0.25, 0.3) is 0 Å². The van der Waals surface area contributed by atoms with Gasteiger partial charge < -0.3 is 14.2 Å². The van der Waals surface area contributed by atoms with E-state index in [0.717, 1.165) is 0 Å². The lowest BCUT2D eigenvalue weighted by Crippen LogP contribution is -2.37. The fourth-order valence-corrected chi connectivity index (χ4v) is 1.33. The minimum Gasteiger partial charge on any atom is -0.444 e. The third-order valence-electron chi connectivity index (χ3n) is 2.19. The molecule has 0 aromatic carbocycles. The zero-order chi connectivity index (χ0) is 13.9. The highest BCUT2D eigenvalue weighted by atomic mass is 16.6. The molecular formula is C12H19N3O3. The van der Waals surface area contributed by atoms with Gasteiger partial charge in [-0.1, -0.05) is 0 Å².